The van der Waals surface area contributed by atoms with Gasteiger partial charge in [-0.15, -0.1) is 0 Å². The van der Waals surface area contributed by atoms with Gasteiger partial charge in [-0.2, -0.15) is 0 Å². The molecule has 4 rings (SSSR count). The molecule has 35 heavy (non-hydrogen) atoms. The number of ether oxygens (including phenoxy) is 4. The quantitative estimate of drug-likeness (QED) is 0.418. The molecule has 1 atom stereocenters. The van der Waals surface area contributed by atoms with E-state index in [-0.39, 0.29) is 6.04 Å². The van der Waals surface area contributed by atoms with E-state index in [1.807, 2.05) is 18.2 Å². The fraction of sp³-hybridized carbons (Fsp3) is 0.379. The van der Waals surface area contributed by atoms with Crippen molar-refractivity contribution in [2.24, 2.45) is 0 Å². The molecule has 0 bridgehead atoms. The predicted molar refractivity (Wildman–Crippen MR) is 140 cm³/mol. The van der Waals surface area contributed by atoms with E-state index in [4.69, 9.17) is 18.9 Å². The molecule has 0 spiro atoms. The first-order chi connectivity index (χ1) is 17.0. The number of hydrogen-bond acceptors (Lipinski definition) is 6. The number of nitrogens with one attached hydrogen (secondary N) is 1. The Bertz CT molecular complexity index is 1130. The Morgan fingerprint density at radius 1 is 0.829 bits per heavy atom. The SMILES string of the molecule is COc1cc2c(cc1OCCCN(C)C)C(c1cc(OC)c(-c3ccccc3)cc1OC)NCC2. The summed E-state index contributed by atoms with van der Waals surface area (Å²) >= 11 is 0. The molecule has 1 N–H and O–H groups in total. The van der Waals surface area contributed by atoms with Crippen molar-refractivity contribution in [1.29, 1.82) is 0 Å². The van der Waals surface area contributed by atoms with Gasteiger partial charge < -0.3 is 29.2 Å². The molecular formula is C29H36N2O4. The highest BCUT2D eigenvalue weighted by Crippen LogP contribution is 2.43. The normalized spacial score (nSPS) is 15.0. The van der Waals surface area contributed by atoms with Gasteiger partial charge in [0.25, 0.3) is 0 Å². The molecule has 1 aliphatic heterocycles. The second-order valence-electron chi connectivity index (χ2n) is 9.00. The van der Waals surface area contributed by atoms with Crippen LogP contribution in [0.4, 0.5) is 0 Å². The number of benzene rings is 3. The molecule has 6 heteroatoms. The average molecular weight is 477 g/mol. The Balaban J connectivity index is 1.73. The maximum atomic E-state index is 6.17. The molecule has 0 amide bonds. The van der Waals surface area contributed by atoms with Crippen molar-refractivity contribution in [3.63, 3.8) is 0 Å². The molecule has 0 saturated heterocycles. The lowest BCUT2D eigenvalue weighted by Gasteiger charge is -2.30. The van der Waals surface area contributed by atoms with Crippen molar-refractivity contribution < 1.29 is 18.9 Å². The Hall–Kier alpha value is -3.22. The van der Waals surface area contributed by atoms with E-state index in [1.54, 1.807) is 21.3 Å². The second kappa shape index (κ2) is 11.5. The number of fused-ring (bicyclic) bond motifs is 1. The first kappa shape index (κ1) is 24.9. The molecule has 0 radical (unpaired) electrons. The van der Waals surface area contributed by atoms with E-state index >= 15 is 0 Å². The summed E-state index contributed by atoms with van der Waals surface area (Å²) < 4.78 is 23.6. The van der Waals surface area contributed by atoms with Crippen LogP contribution in [-0.4, -0.2) is 60.0 Å². The van der Waals surface area contributed by atoms with Crippen LogP contribution < -0.4 is 24.3 Å². The van der Waals surface area contributed by atoms with Gasteiger partial charge in [-0.05, 0) is 67.9 Å². The van der Waals surface area contributed by atoms with Crippen molar-refractivity contribution in [1.82, 2.24) is 10.2 Å². The van der Waals surface area contributed by atoms with Crippen molar-refractivity contribution >= 4 is 0 Å². The van der Waals surface area contributed by atoms with Crippen LogP contribution in [0.5, 0.6) is 23.0 Å². The zero-order valence-electron chi connectivity index (χ0n) is 21.4. The van der Waals surface area contributed by atoms with Gasteiger partial charge in [0.1, 0.15) is 11.5 Å². The van der Waals surface area contributed by atoms with E-state index in [9.17, 15) is 0 Å². The number of methoxy groups -OCH3 is 3. The highest BCUT2D eigenvalue weighted by Gasteiger charge is 2.28. The Morgan fingerprint density at radius 3 is 2.23 bits per heavy atom. The summed E-state index contributed by atoms with van der Waals surface area (Å²) in [5, 5.41) is 3.69. The van der Waals surface area contributed by atoms with E-state index in [1.165, 1.54) is 11.1 Å². The third-order valence-corrected chi connectivity index (χ3v) is 6.43. The third-order valence-electron chi connectivity index (χ3n) is 6.43. The van der Waals surface area contributed by atoms with Gasteiger partial charge in [0.15, 0.2) is 11.5 Å². The Morgan fingerprint density at radius 2 is 1.54 bits per heavy atom. The van der Waals surface area contributed by atoms with Crippen LogP contribution in [0, 0.1) is 0 Å². The van der Waals surface area contributed by atoms with Gasteiger partial charge in [0.05, 0.1) is 34.0 Å². The standard InChI is InChI=1S/C29H36N2O4/c1-31(2)14-9-15-35-28-18-23-21(16-27(28)34-5)12-13-30-29(23)24-19-25(32-3)22(17-26(24)33-4)20-10-7-6-8-11-20/h6-8,10-11,16-19,29-30H,9,12-15H2,1-5H3. The van der Waals surface area contributed by atoms with Crippen LogP contribution >= 0.6 is 0 Å². The van der Waals surface area contributed by atoms with Crippen molar-refractivity contribution in [2.45, 2.75) is 18.9 Å². The minimum atomic E-state index is -0.0533. The molecule has 6 nitrogen and oxygen atoms in total. The van der Waals surface area contributed by atoms with E-state index in [0.717, 1.165) is 65.6 Å². The van der Waals surface area contributed by atoms with Gasteiger partial charge in [0, 0.05) is 24.2 Å². The van der Waals surface area contributed by atoms with E-state index in [0.29, 0.717) is 6.61 Å². The molecule has 1 aliphatic rings. The summed E-state index contributed by atoms with van der Waals surface area (Å²) in [6.07, 6.45) is 1.87. The molecule has 0 saturated carbocycles. The maximum absolute atomic E-state index is 6.17. The summed E-state index contributed by atoms with van der Waals surface area (Å²) in [7, 11) is 9.27. The molecule has 3 aromatic carbocycles. The lowest BCUT2D eigenvalue weighted by molar-refractivity contribution is 0.267. The molecule has 0 fully saturated rings. The molecular weight excluding hydrogens is 440 g/mol. The highest BCUT2D eigenvalue weighted by molar-refractivity contribution is 5.74. The highest BCUT2D eigenvalue weighted by atomic mass is 16.5. The molecule has 0 aliphatic carbocycles. The summed E-state index contributed by atoms with van der Waals surface area (Å²) in [6.45, 7) is 2.46. The minimum Gasteiger partial charge on any atom is -0.496 e. The monoisotopic (exact) mass is 476 g/mol. The molecule has 1 heterocycles. The van der Waals surface area contributed by atoms with Crippen LogP contribution in [0.15, 0.2) is 54.6 Å². The van der Waals surface area contributed by atoms with Gasteiger partial charge >= 0.3 is 0 Å². The topological polar surface area (TPSA) is 52.2 Å². The summed E-state index contributed by atoms with van der Waals surface area (Å²) in [5.41, 5.74) is 5.55. The predicted octanol–water partition coefficient (Wildman–Crippen LogP) is 4.95. The largest absolute Gasteiger partial charge is 0.496 e. The Kier molecular flexibility index (Phi) is 8.16. The average Bonchev–Trinajstić information content (AvgIpc) is 2.89. The molecule has 1 unspecified atom stereocenters. The minimum absolute atomic E-state index is 0.0533. The van der Waals surface area contributed by atoms with Crippen LogP contribution in [0.3, 0.4) is 0 Å². The maximum Gasteiger partial charge on any atom is 0.161 e. The van der Waals surface area contributed by atoms with Crippen molar-refractivity contribution in [3.05, 3.63) is 71.3 Å². The summed E-state index contributed by atoms with van der Waals surface area (Å²) in [4.78, 5) is 2.16. The van der Waals surface area contributed by atoms with Gasteiger partial charge in [-0.3, -0.25) is 0 Å². The lowest BCUT2D eigenvalue weighted by Crippen LogP contribution is -2.31. The fourth-order valence-corrected chi connectivity index (χ4v) is 4.67. The molecule has 0 aromatic heterocycles. The fourth-order valence-electron chi connectivity index (χ4n) is 4.67. The van der Waals surface area contributed by atoms with Gasteiger partial charge in [-0.25, -0.2) is 0 Å². The molecule has 186 valence electrons. The van der Waals surface area contributed by atoms with Crippen LogP contribution in [0.25, 0.3) is 11.1 Å². The lowest BCUT2D eigenvalue weighted by atomic mass is 9.87. The zero-order valence-corrected chi connectivity index (χ0v) is 21.4. The van der Waals surface area contributed by atoms with Gasteiger partial charge in [-0.1, -0.05) is 30.3 Å². The van der Waals surface area contributed by atoms with Gasteiger partial charge in [0.2, 0.25) is 0 Å². The van der Waals surface area contributed by atoms with Crippen molar-refractivity contribution in [2.75, 3.05) is 55.1 Å². The first-order valence-corrected chi connectivity index (χ1v) is 12.1. The Labute approximate surface area is 208 Å². The van der Waals surface area contributed by atoms with Crippen molar-refractivity contribution in [3.8, 4) is 34.1 Å². The zero-order chi connectivity index (χ0) is 24.8. The van der Waals surface area contributed by atoms with E-state index < -0.39 is 0 Å². The summed E-state index contributed by atoms with van der Waals surface area (Å²) in [6, 6.07) is 18.6. The smallest absolute Gasteiger partial charge is 0.161 e. The summed E-state index contributed by atoms with van der Waals surface area (Å²) in [5.74, 6) is 3.18. The van der Waals surface area contributed by atoms with E-state index in [2.05, 4.69) is 60.7 Å². The van der Waals surface area contributed by atoms with Crippen LogP contribution in [0.2, 0.25) is 0 Å². The third kappa shape index (κ3) is 5.55. The number of nitrogens with zero attached hydrogens (tertiary/aromatic N) is 1. The second-order valence-corrected chi connectivity index (χ2v) is 9.00. The van der Waals surface area contributed by atoms with Crippen LogP contribution in [0.1, 0.15) is 29.2 Å². The number of hydrogen-bond donors (Lipinski definition) is 1. The number of rotatable bonds is 10. The van der Waals surface area contributed by atoms with Crippen LogP contribution in [-0.2, 0) is 6.42 Å². The first-order valence-electron chi connectivity index (χ1n) is 12.1. The molecule has 3 aromatic rings.